The van der Waals surface area contributed by atoms with Gasteiger partial charge in [0.05, 0.1) is 5.03 Å². The van der Waals surface area contributed by atoms with Gasteiger partial charge in [-0.15, -0.1) is 0 Å². The third-order valence-corrected chi connectivity index (χ3v) is 4.54. The number of carbonyl (C=O) groups is 1. The highest BCUT2D eigenvalue weighted by molar-refractivity contribution is 6.34. The van der Waals surface area contributed by atoms with E-state index in [1.54, 1.807) is 0 Å². The molecular weight excluding hydrogens is 266 g/mol. The molecule has 1 fully saturated rings. The first kappa shape index (κ1) is 12.9. The first-order chi connectivity index (χ1) is 9.20. The molecule has 0 aromatic carbocycles. The van der Waals surface area contributed by atoms with Crippen molar-refractivity contribution in [2.75, 3.05) is 6.54 Å². The van der Waals surface area contributed by atoms with Gasteiger partial charge < -0.3 is 10.5 Å². The molecular formula is C13H18ClN3O2. The van der Waals surface area contributed by atoms with Crippen molar-refractivity contribution in [3.05, 3.63) is 10.6 Å². The lowest BCUT2D eigenvalue weighted by atomic mass is 9.83. The smallest absolute Gasteiger partial charge is 0.259 e. The zero-order valence-corrected chi connectivity index (χ0v) is 11.5. The number of rotatable bonds is 1. The lowest BCUT2D eigenvalue weighted by molar-refractivity contribution is -0.126. The minimum atomic E-state index is -1.05. The summed E-state index contributed by atoms with van der Waals surface area (Å²) in [6.07, 6.45) is 5.05. The summed E-state index contributed by atoms with van der Waals surface area (Å²) in [7, 11) is 0. The molecule has 0 spiro atoms. The van der Waals surface area contributed by atoms with Crippen molar-refractivity contribution in [2.45, 2.75) is 44.8 Å². The first-order valence-corrected chi connectivity index (χ1v) is 7.28. The molecule has 1 atom stereocenters. The van der Waals surface area contributed by atoms with Crippen molar-refractivity contribution in [2.24, 2.45) is 11.0 Å². The standard InChI is InChI=1S/C13H18ClN3O2/c14-11-10(8-4-2-1-3-5-8)12(18)17(13(11)19)9-6-7-15-16-9/h8,13,15,19H,1-7H2. The number of halogens is 1. The maximum Gasteiger partial charge on any atom is 0.259 e. The van der Waals surface area contributed by atoms with Gasteiger partial charge >= 0.3 is 0 Å². The zero-order valence-electron chi connectivity index (χ0n) is 10.7. The Kier molecular flexibility index (Phi) is 3.50. The van der Waals surface area contributed by atoms with Crippen molar-refractivity contribution in [1.82, 2.24) is 10.3 Å². The first-order valence-electron chi connectivity index (χ1n) is 6.90. The van der Waals surface area contributed by atoms with Gasteiger partial charge in [-0.05, 0) is 18.8 Å². The summed E-state index contributed by atoms with van der Waals surface area (Å²) in [4.78, 5) is 13.9. The van der Waals surface area contributed by atoms with Crippen LogP contribution in [0.3, 0.4) is 0 Å². The van der Waals surface area contributed by atoms with E-state index in [4.69, 9.17) is 11.6 Å². The van der Waals surface area contributed by atoms with Crippen molar-refractivity contribution in [1.29, 1.82) is 0 Å². The normalized spacial score (nSPS) is 28.9. The third kappa shape index (κ3) is 2.15. The van der Waals surface area contributed by atoms with Gasteiger partial charge in [-0.3, -0.25) is 9.69 Å². The number of amidine groups is 1. The van der Waals surface area contributed by atoms with Crippen LogP contribution in [0, 0.1) is 5.92 Å². The third-order valence-electron chi connectivity index (χ3n) is 4.14. The Morgan fingerprint density at radius 1 is 1.32 bits per heavy atom. The molecule has 1 amide bonds. The number of aliphatic hydroxyl groups excluding tert-OH is 1. The fraction of sp³-hybridized carbons (Fsp3) is 0.692. The molecule has 1 aliphatic carbocycles. The minimum absolute atomic E-state index is 0.160. The van der Waals surface area contributed by atoms with Crippen molar-refractivity contribution >= 4 is 23.3 Å². The predicted molar refractivity (Wildman–Crippen MR) is 72.4 cm³/mol. The maximum absolute atomic E-state index is 12.5. The highest BCUT2D eigenvalue weighted by atomic mass is 35.5. The van der Waals surface area contributed by atoms with Gasteiger partial charge in [-0.1, -0.05) is 30.9 Å². The number of carbonyl (C=O) groups excluding carboxylic acids is 1. The Labute approximate surface area is 117 Å². The molecule has 0 aromatic heterocycles. The molecule has 2 N–H and O–H groups in total. The molecule has 0 saturated heterocycles. The summed E-state index contributed by atoms with van der Waals surface area (Å²) < 4.78 is 0. The highest BCUT2D eigenvalue weighted by Crippen LogP contribution is 2.39. The van der Waals surface area contributed by atoms with E-state index in [0.717, 1.165) is 25.7 Å². The SMILES string of the molecule is O=C1C(C2CCCCC2)=C(Cl)C(O)N1C1=NNCC1. The summed E-state index contributed by atoms with van der Waals surface area (Å²) in [5, 5.41) is 14.6. The van der Waals surface area contributed by atoms with Crippen LogP contribution >= 0.6 is 11.6 Å². The van der Waals surface area contributed by atoms with Crippen LogP contribution in [0.25, 0.3) is 0 Å². The molecule has 3 rings (SSSR count). The summed E-state index contributed by atoms with van der Waals surface area (Å²) in [6.45, 7) is 0.697. The molecule has 6 heteroatoms. The van der Waals surface area contributed by atoms with Crippen LogP contribution in [0.15, 0.2) is 15.7 Å². The molecule has 3 aliphatic rings. The van der Waals surface area contributed by atoms with Crippen LogP contribution in [0.1, 0.15) is 38.5 Å². The van der Waals surface area contributed by atoms with E-state index in [1.807, 2.05) is 0 Å². The largest absolute Gasteiger partial charge is 0.368 e. The lowest BCUT2D eigenvalue weighted by Gasteiger charge is -2.23. The van der Waals surface area contributed by atoms with Gasteiger partial charge in [0.2, 0.25) is 0 Å². The van der Waals surface area contributed by atoms with E-state index in [9.17, 15) is 9.90 Å². The van der Waals surface area contributed by atoms with E-state index in [-0.39, 0.29) is 11.8 Å². The number of hydrogen-bond acceptors (Lipinski definition) is 4. The van der Waals surface area contributed by atoms with Crippen LogP contribution < -0.4 is 5.43 Å². The number of hydrazone groups is 1. The molecule has 0 bridgehead atoms. The average Bonchev–Trinajstić information content (AvgIpc) is 3.00. The second-order valence-corrected chi connectivity index (χ2v) is 5.74. The lowest BCUT2D eigenvalue weighted by Crippen LogP contribution is -2.40. The van der Waals surface area contributed by atoms with Crippen LogP contribution in [-0.2, 0) is 4.79 Å². The van der Waals surface area contributed by atoms with Gasteiger partial charge in [0.1, 0.15) is 5.84 Å². The quantitative estimate of drug-likeness (QED) is 0.767. The van der Waals surface area contributed by atoms with Crippen LogP contribution in [0.4, 0.5) is 0 Å². The second kappa shape index (κ2) is 5.13. The van der Waals surface area contributed by atoms with Crippen molar-refractivity contribution < 1.29 is 9.90 Å². The number of aliphatic hydroxyl groups is 1. The second-order valence-electron chi connectivity index (χ2n) is 5.33. The van der Waals surface area contributed by atoms with Gasteiger partial charge in [0.15, 0.2) is 6.23 Å². The Morgan fingerprint density at radius 3 is 2.68 bits per heavy atom. The van der Waals surface area contributed by atoms with Crippen molar-refractivity contribution in [3.8, 4) is 0 Å². The topological polar surface area (TPSA) is 64.9 Å². The van der Waals surface area contributed by atoms with E-state index >= 15 is 0 Å². The molecule has 19 heavy (non-hydrogen) atoms. The Hall–Kier alpha value is -1.07. The van der Waals surface area contributed by atoms with Crippen LogP contribution in [0.5, 0.6) is 0 Å². The monoisotopic (exact) mass is 283 g/mol. The number of hydrogen-bond donors (Lipinski definition) is 2. The molecule has 1 saturated carbocycles. The van der Waals surface area contributed by atoms with Gasteiger partial charge in [0, 0.05) is 18.5 Å². The van der Waals surface area contributed by atoms with Crippen molar-refractivity contribution in [3.63, 3.8) is 0 Å². The highest BCUT2D eigenvalue weighted by Gasteiger charge is 2.43. The molecule has 0 aromatic rings. The van der Waals surface area contributed by atoms with Gasteiger partial charge in [0.25, 0.3) is 5.91 Å². The predicted octanol–water partition coefficient (Wildman–Crippen LogP) is 1.53. The van der Waals surface area contributed by atoms with Crippen LogP contribution in [0.2, 0.25) is 0 Å². The van der Waals surface area contributed by atoms with E-state index < -0.39 is 6.23 Å². The average molecular weight is 284 g/mol. The summed E-state index contributed by atoms with van der Waals surface area (Å²) in [5.41, 5.74) is 3.44. The molecule has 5 nitrogen and oxygen atoms in total. The Balaban J connectivity index is 1.85. The minimum Gasteiger partial charge on any atom is -0.368 e. The molecule has 2 heterocycles. The summed E-state index contributed by atoms with van der Waals surface area (Å²) >= 11 is 6.22. The zero-order chi connectivity index (χ0) is 13.4. The molecule has 104 valence electrons. The van der Waals surface area contributed by atoms with E-state index in [2.05, 4.69) is 10.5 Å². The Bertz CT molecular complexity index is 455. The Morgan fingerprint density at radius 2 is 2.05 bits per heavy atom. The van der Waals surface area contributed by atoms with E-state index in [1.165, 1.54) is 11.3 Å². The number of amides is 1. The maximum atomic E-state index is 12.5. The number of nitrogens with zero attached hydrogens (tertiary/aromatic N) is 2. The molecule has 1 unspecified atom stereocenters. The van der Waals surface area contributed by atoms with Gasteiger partial charge in [-0.2, -0.15) is 5.10 Å². The fourth-order valence-corrected chi connectivity index (χ4v) is 3.49. The van der Waals surface area contributed by atoms with Crippen LogP contribution in [-0.4, -0.2) is 34.5 Å². The summed E-state index contributed by atoms with van der Waals surface area (Å²) in [6, 6.07) is 0. The number of nitrogens with one attached hydrogen (secondary N) is 1. The summed E-state index contributed by atoms with van der Waals surface area (Å²) in [5.74, 6) is 0.622. The van der Waals surface area contributed by atoms with E-state index in [0.29, 0.717) is 29.4 Å². The molecule has 0 radical (unpaired) electrons. The van der Waals surface area contributed by atoms with Gasteiger partial charge in [-0.25, -0.2) is 0 Å². The molecule has 2 aliphatic heterocycles. The fourth-order valence-electron chi connectivity index (χ4n) is 3.16.